The molecule has 3 nitrogen and oxygen atoms in total. The third-order valence-corrected chi connectivity index (χ3v) is 0.929. The molecule has 0 radical (unpaired) electrons. The number of hydrogen-bond donors (Lipinski definition) is 0. The van der Waals surface area contributed by atoms with Gasteiger partial charge in [0.05, 0.1) is 7.11 Å². The zero-order valence-corrected chi connectivity index (χ0v) is 4.85. The summed E-state index contributed by atoms with van der Waals surface area (Å²) in [5.74, 6) is 0. The summed E-state index contributed by atoms with van der Waals surface area (Å²) >= 11 is 0. The minimum atomic E-state index is -1.95. The Hall–Kier alpha value is -0.400. The van der Waals surface area contributed by atoms with Crippen LogP contribution in [0.15, 0.2) is 12.8 Å². The monoisotopic (exact) mass is 121 g/mol. The summed E-state index contributed by atoms with van der Waals surface area (Å²) in [6.45, 7) is 3.16. The molecular weight excluding hydrogens is 115 g/mol. The second kappa shape index (κ2) is 3.78. The van der Waals surface area contributed by atoms with Gasteiger partial charge in [-0.15, -0.1) is 4.52 Å². The standard InChI is InChI=1S/C3H6O3P/c1-3-6-7(4)5-2/h3H,1H2,2H3/q+1. The minimum Gasteiger partial charge on any atom is -0.238 e. The highest BCUT2D eigenvalue weighted by molar-refractivity contribution is 7.33. The van der Waals surface area contributed by atoms with E-state index in [0.717, 1.165) is 6.26 Å². The predicted molar refractivity (Wildman–Crippen MR) is 25.9 cm³/mol. The van der Waals surface area contributed by atoms with Crippen molar-refractivity contribution in [2.75, 3.05) is 7.11 Å². The summed E-state index contributed by atoms with van der Waals surface area (Å²) in [7, 11) is -0.653. The molecule has 0 aromatic carbocycles. The van der Waals surface area contributed by atoms with Crippen LogP contribution in [0.5, 0.6) is 0 Å². The quantitative estimate of drug-likeness (QED) is 0.418. The topological polar surface area (TPSA) is 35.5 Å². The third kappa shape index (κ3) is 3.43. The zero-order chi connectivity index (χ0) is 5.70. The maximum absolute atomic E-state index is 10.0. The van der Waals surface area contributed by atoms with Crippen LogP contribution in [0.2, 0.25) is 0 Å². The maximum Gasteiger partial charge on any atom is 0.749 e. The van der Waals surface area contributed by atoms with Gasteiger partial charge in [-0.25, -0.2) is 4.52 Å². The molecule has 0 heterocycles. The summed E-state index contributed by atoms with van der Waals surface area (Å²) in [6, 6.07) is 0. The molecule has 40 valence electrons. The van der Waals surface area contributed by atoms with Crippen molar-refractivity contribution in [2.24, 2.45) is 0 Å². The van der Waals surface area contributed by atoms with E-state index in [9.17, 15) is 4.57 Å². The van der Waals surface area contributed by atoms with Crippen LogP contribution < -0.4 is 0 Å². The van der Waals surface area contributed by atoms with Crippen molar-refractivity contribution in [3.63, 3.8) is 0 Å². The molecule has 0 fully saturated rings. The van der Waals surface area contributed by atoms with Gasteiger partial charge >= 0.3 is 8.25 Å². The van der Waals surface area contributed by atoms with Crippen LogP contribution in [-0.2, 0) is 13.6 Å². The van der Waals surface area contributed by atoms with Crippen molar-refractivity contribution in [1.82, 2.24) is 0 Å². The van der Waals surface area contributed by atoms with Crippen molar-refractivity contribution in [1.29, 1.82) is 0 Å². The number of rotatable bonds is 3. The molecule has 0 aliphatic heterocycles. The Kier molecular flexibility index (Phi) is 3.56. The van der Waals surface area contributed by atoms with Gasteiger partial charge in [0.15, 0.2) is 0 Å². The molecule has 0 rings (SSSR count). The van der Waals surface area contributed by atoms with Gasteiger partial charge in [-0.2, -0.15) is 0 Å². The van der Waals surface area contributed by atoms with E-state index >= 15 is 0 Å². The van der Waals surface area contributed by atoms with E-state index in [1.165, 1.54) is 7.11 Å². The lowest BCUT2D eigenvalue weighted by molar-refractivity contribution is 0.327. The molecule has 0 aromatic heterocycles. The van der Waals surface area contributed by atoms with Crippen LogP contribution in [0, 0.1) is 0 Å². The van der Waals surface area contributed by atoms with E-state index in [0.29, 0.717) is 0 Å². The van der Waals surface area contributed by atoms with Crippen LogP contribution in [0.3, 0.4) is 0 Å². The maximum atomic E-state index is 10.0. The highest BCUT2D eigenvalue weighted by atomic mass is 31.1. The summed E-state index contributed by atoms with van der Waals surface area (Å²) < 4.78 is 18.5. The van der Waals surface area contributed by atoms with Gasteiger partial charge in [0.1, 0.15) is 6.26 Å². The van der Waals surface area contributed by atoms with Crippen molar-refractivity contribution in [3.8, 4) is 0 Å². The van der Waals surface area contributed by atoms with Crippen molar-refractivity contribution in [3.05, 3.63) is 12.8 Å². The Morgan fingerprint density at radius 1 is 1.86 bits per heavy atom. The fraction of sp³-hybridized carbons (Fsp3) is 0.333. The average molecular weight is 121 g/mol. The second-order valence-electron chi connectivity index (χ2n) is 0.678. The van der Waals surface area contributed by atoms with Crippen LogP contribution in [-0.4, -0.2) is 7.11 Å². The predicted octanol–water partition coefficient (Wildman–Crippen LogP) is 1.45. The lowest BCUT2D eigenvalue weighted by Crippen LogP contribution is -1.65. The normalized spacial score (nSPS) is 10.1. The summed E-state index contributed by atoms with van der Waals surface area (Å²) in [5.41, 5.74) is 0. The van der Waals surface area contributed by atoms with Gasteiger partial charge in [-0.05, 0) is 0 Å². The first-order chi connectivity index (χ1) is 3.31. The highest BCUT2D eigenvalue weighted by Gasteiger charge is 2.12. The van der Waals surface area contributed by atoms with Gasteiger partial charge in [-0.3, -0.25) is 0 Å². The molecular formula is C3H6O3P+. The molecule has 0 saturated carbocycles. The van der Waals surface area contributed by atoms with Gasteiger partial charge in [0.2, 0.25) is 0 Å². The molecule has 0 bridgehead atoms. The Morgan fingerprint density at radius 3 is 2.57 bits per heavy atom. The van der Waals surface area contributed by atoms with Crippen molar-refractivity contribution < 1.29 is 13.6 Å². The van der Waals surface area contributed by atoms with Crippen LogP contribution in [0.25, 0.3) is 0 Å². The van der Waals surface area contributed by atoms with E-state index in [4.69, 9.17) is 0 Å². The summed E-state index contributed by atoms with van der Waals surface area (Å²) in [4.78, 5) is 0. The van der Waals surface area contributed by atoms with Crippen molar-refractivity contribution >= 4 is 8.25 Å². The van der Waals surface area contributed by atoms with Crippen LogP contribution >= 0.6 is 8.25 Å². The Labute approximate surface area is 42.9 Å². The molecule has 0 amide bonds. The van der Waals surface area contributed by atoms with Gasteiger partial charge in [0.25, 0.3) is 0 Å². The Balaban J connectivity index is 3.17. The first-order valence-corrected chi connectivity index (χ1v) is 2.70. The molecule has 0 spiro atoms. The Morgan fingerprint density at radius 2 is 2.43 bits per heavy atom. The molecule has 0 aliphatic carbocycles. The second-order valence-corrected chi connectivity index (χ2v) is 1.70. The zero-order valence-electron chi connectivity index (χ0n) is 3.96. The molecule has 0 saturated heterocycles. The molecule has 0 aliphatic rings. The lowest BCUT2D eigenvalue weighted by Gasteiger charge is -1.71. The van der Waals surface area contributed by atoms with Crippen molar-refractivity contribution in [2.45, 2.75) is 0 Å². The minimum absolute atomic E-state index is 1.07. The molecule has 1 unspecified atom stereocenters. The fourth-order valence-corrected chi connectivity index (χ4v) is 0.312. The fourth-order valence-electron chi connectivity index (χ4n) is 0.104. The Bertz CT molecular complexity index is 80.2. The van der Waals surface area contributed by atoms with E-state index in [-0.39, 0.29) is 0 Å². The lowest BCUT2D eigenvalue weighted by atomic mass is 11.2. The van der Waals surface area contributed by atoms with E-state index < -0.39 is 8.25 Å². The van der Waals surface area contributed by atoms with E-state index in [1.54, 1.807) is 0 Å². The highest BCUT2D eigenvalue weighted by Crippen LogP contribution is 2.20. The molecule has 7 heavy (non-hydrogen) atoms. The summed E-state index contributed by atoms with van der Waals surface area (Å²) in [5, 5.41) is 0. The van der Waals surface area contributed by atoms with Gasteiger partial charge < -0.3 is 0 Å². The molecule has 4 heteroatoms. The van der Waals surface area contributed by atoms with E-state index in [2.05, 4.69) is 15.6 Å². The smallest absolute Gasteiger partial charge is 0.238 e. The van der Waals surface area contributed by atoms with Crippen LogP contribution in [0.1, 0.15) is 0 Å². The third-order valence-electron chi connectivity index (χ3n) is 0.310. The first-order valence-electron chi connectivity index (χ1n) is 1.60. The largest absolute Gasteiger partial charge is 0.749 e. The number of hydrogen-bond acceptors (Lipinski definition) is 3. The molecule has 0 N–H and O–H groups in total. The van der Waals surface area contributed by atoms with Gasteiger partial charge in [0, 0.05) is 4.57 Å². The van der Waals surface area contributed by atoms with E-state index in [1.807, 2.05) is 0 Å². The van der Waals surface area contributed by atoms with Crippen LogP contribution in [0.4, 0.5) is 0 Å². The first kappa shape index (κ1) is 6.60. The molecule has 1 atom stereocenters. The molecule has 0 aromatic rings. The van der Waals surface area contributed by atoms with Gasteiger partial charge in [-0.1, -0.05) is 6.58 Å². The summed E-state index contributed by atoms with van der Waals surface area (Å²) in [6.07, 6.45) is 1.07. The SMILES string of the molecule is C=CO[P+](=O)OC. The average Bonchev–Trinajstić information content (AvgIpc) is 1.68.